The topological polar surface area (TPSA) is 63.3 Å². The Morgan fingerprint density at radius 1 is 1.47 bits per heavy atom. The third kappa shape index (κ3) is 6.21. The lowest BCUT2D eigenvalue weighted by atomic mass is 10.2. The van der Waals surface area contributed by atoms with Gasteiger partial charge in [-0.05, 0) is 19.8 Å². The van der Waals surface area contributed by atoms with Crippen molar-refractivity contribution in [1.82, 2.24) is 10.3 Å². The first-order valence-electron chi connectivity index (χ1n) is 5.45. The van der Waals surface area contributed by atoms with E-state index in [9.17, 15) is 0 Å². The molecule has 3 N–H and O–H groups in total. The fraction of sp³-hybridized carbons (Fsp3) is 0.636. The van der Waals surface area contributed by atoms with E-state index in [1.54, 1.807) is 11.3 Å². The van der Waals surface area contributed by atoms with E-state index < -0.39 is 0 Å². The van der Waals surface area contributed by atoms with Crippen LogP contribution in [0.5, 0.6) is 0 Å². The highest BCUT2D eigenvalue weighted by Gasteiger charge is 2.03. The van der Waals surface area contributed by atoms with E-state index in [1.807, 2.05) is 13.8 Å². The number of aryl methyl sites for hydroxylation is 2. The minimum Gasteiger partial charge on any atom is -0.370 e. The van der Waals surface area contributed by atoms with Gasteiger partial charge in [-0.1, -0.05) is 13.8 Å². The number of thiazole rings is 1. The first kappa shape index (κ1) is 16.6. The molecule has 1 aromatic rings. The number of rotatable bonds is 4. The summed E-state index contributed by atoms with van der Waals surface area (Å²) >= 11 is 1.68. The Hall–Kier alpha value is -0.370. The number of hydrogen-bond acceptors (Lipinski definition) is 3. The average molecular weight is 368 g/mol. The Bertz CT molecular complexity index is 374. The molecule has 0 atom stereocenters. The van der Waals surface area contributed by atoms with Crippen molar-refractivity contribution < 1.29 is 0 Å². The molecule has 0 aliphatic rings. The molecule has 0 spiro atoms. The van der Waals surface area contributed by atoms with Crippen LogP contribution in [0.4, 0.5) is 0 Å². The largest absolute Gasteiger partial charge is 0.370 e. The summed E-state index contributed by atoms with van der Waals surface area (Å²) in [4.78, 5) is 9.83. The van der Waals surface area contributed by atoms with E-state index in [0.717, 1.165) is 17.2 Å². The van der Waals surface area contributed by atoms with Crippen LogP contribution < -0.4 is 11.1 Å². The van der Waals surface area contributed by atoms with Gasteiger partial charge in [0.1, 0.15) is 0 Å². The molecule has 17 heavy (non-hydrogen) atoms. The number of nitrogens with zero attached hydrogens (tertiary/aromatic N) is 2. The maximum absolute atomic E-state index is 5.75. The maximum atomic E-state index is 5.75. The molecule has 1 aromatic heterocycles. The number of nitrogens with two attached hydrogens (primary N) is 1. The zero-order valence-corrected chi connectivity index (χ0v) is 13.9. The molecule has 1 heterocycles. The van der Waals surface area contributed by atoms with Gasteiger partial charge in [0, 0.05) is 11.4 Å². The molecule has 0 amide bonds. The van der Waals surface area contributed by atoms with Crippen LogP contribution in [-0.4, -0.2) is 17.5 Å². The highest BCUT2D eigenvalue weighted by molar-refractivity contribution is 14.0. The van der Waals surface area contributed by atoms with Crippen LogP contribution in [-0.2, 0) is 6.54 Å². The fourth-order valence-electron chi connectivity index (χ4n) is 1.24. The molecular weight excluding hydrogens is 347 g/mol. The third-order valence-corrected chi connectivity index (χ3v) is 3.14. The summed E-state index contributed by atoms with van der Waals surface area (Å²) in [6.07, 6.45) is 0. The first-order chi connectivity index (χ1) is 7.49. The highest BCUT2D eigenvalue weighted by atomic mass is 127. The van der Waals surface area contributed by atoms with Gasteiger partial charge in [-0.3, -0.25) is 0 Å². The van der Waals surface area contributed by atoms with Crippen molar-refractivity contribution in [2.75, 3.05) is 6.54 Å². The summed E-state index contributed by atoms with van der Waals surface area (Å²) < 4.78 is 0. The molecule has 0 saturated heterocycles. The summed E-state index contributed by atoms with van der Waals surface area (Å²) in [6.45, 7) is 9.76. The number of guanidine groups is 1. The molecule has 0 fully saturated rings. The smallest absolute Gasteiger partial charge is 0.188 e. The van der Waals surface area contributed by atoms with Crippen molar-refractivity contribution in [2.45, 2.75) is 34.2 Å². The van der Waals surface area contributed by atoms with Crippen LogP contribution in [0.1, 0.15) is 29.4 Å². The van der Waals surface area contributed by atoms with E-state index in [4.69, 9.17) is 5.73 Å². The van der Waals surface area contributed by atoms with Gasteiger partial charge in [-0.25, -0.2) is 9.98 Å². The van der Waals surface area contributed by atoms with Gasteiger partial charge in [0.25, 0.3) is 0 Å². The van der Waals surface area contributed by atoms with Crippen LogP contribution in [0.15, 0.2) is 4.99 Å². The van der Waals surface area contributed by atoms with E-state index >= 15 is 0 Å². The predicted octanol–water partition coefficient (Wildman–Crippen LogP) is 2.44. The minimum atomic E-state index is 0. The molecule has 98 valence electrons. The summed E-state index contributed by atoms with van der Waals surface area (Å²) in [5.74, 6) is 1.08. The van der Waals surface area contributed by atoms with Gasteiger partial charge < -0.3 is 11.1 Å². The Labute approximate surface area is 124 Å². The minimum absolute atomic E-state index is 0. The summed E-state index contributed by atoms with van der Waals surface area (Å²) in [5, 5.41) is 4.17. The molecule has 0 unspecified atom stereocenters. The van der Waals surface area contributed by atoms with Crippen molar-refractivity contribution in [2.24, 2.45) is 16.6 Å². The molecule has 0 aromatic carbocycles. The Morgan fingerprint density at radius 3 is 2.59 bits per heavy atom. The normalized spacial score (nSPS) is 11.5. The Kier molecular flexibility index (Phi) is 7.69. The Morgan fingerprint density at radius 2 is 2.12 bits per heavy atom. The zero-order valence-electron chi connectivity index (χ0n) is 10.8. The zero-order chi connectivity index (χ0) is 12.1. The molecular formula is C11H21IN4S. The lowest BCUT2D eigenvalue weighted by Crippen LogP contribution is -2.34. The van der Waals surface area contributed by atoms with Crippen LogP contribution >= 0.6 is 35.3 Å². The summed E-state index contributed by atoms with van der Waals surface area (Å²) in [6, 6.07) is 0. The van der Waals surface area contributed by atoms with Gasteiger partial charge >= 0.3 is 0 Å². The molecule has 6 heteroatoms. The lowest BCUT2D eigenvalue weighted by Gasteiger charge is -2.07. The molecule has 4 nitrogen and oxygen atoms in total. The third-order valence-electron chi connectivity index (χ3n) is 2.08. The molecule has 0 saturated carbocycles. The predicted molar refractivity (Wildman–Crippen MR) is 85.2 cm³/mol. The lowest BCUT2D eigenvalue weighted by molar-refractivity contribution is 0.622. The van der Waals surface area contributed by atoms with Crippen LogP contribution in [0.2, 0.25) is 0 Å². The second kappa shape index (κ2) is 7.86. The number of aromatic nitrogens is 1. The highest BCUT2D eigenvalue weighted by Crippen LogP contribution is 2.17. The molecule has 1 rings (SSSR count). The van der Waals surface area contributed by atoms with Crippen molar-refractivity contribution in [1.29, 1.82) is 0 Å². The molecule has 0 radical (unpaired) electrons. The van der Waals surface area contributed by atoms with E-state index in [2.05, 4.69) is 29.1 Å². The van der Waals surface area contributed by atoms with Crippen LogP contribution in [0.25, 0.3) is 0 Å². The van der Waals surface area contributed by atoms with Crippen LogP contribution in [0, 0.1) is 19.8 Å². The fourth-order valence-corrected chi connectivity index (χ4v) is 2.10. The van der Waals surface area contributed by atoms with E-state index in [1.165, 1.54) is 4.88 Å². The molecule has 0 aliphatic carbocycles. The molecule has 0 aliphatic heterocycles. The second-order valence-electron chi connectivity index (χ2n) is 4.22. The number of halogens is 1. The number of aliphatic imine (C=N–C) groups is 1. The number of nitrogens with one attached hydrogen (secondary N) is 1. The van der Waals surface area contributed by atoms with Gasteiger partial charge in [0.15, 0.2) is 5.96 Å². The Balaban J connectivity index is 0.00000256. The van der Waals surface area contributed by atoms with Crippen molar-refractivity contribution in [3.05, 3.63) is 15.6 Å². The average Bonchev–Trinajstić information content (AvgIpc) is 2.51. The van der Waals surface area contributed by atoms with Gasteiger partial charge in [0.2, 0.25) is 0 Å². The van der Waals surface area contributed by atoms with Crippen molar-refractivity contribution in [3.63, 3.8) is 0 Å². The monoisotopic (exact) mass is 368 g/mol. The van der Waals surface area contributed by atoms with E-state index in [-0.39, 0.29) is 24.0 Å². The SMILES string of the molecule is Cc1nc(C)c(CN=C(N)NCC(C)C)s1.I. The van der Waals surface area contributed by atoms with Gasteiger partial charge in [-0.15, -0.1) is 35.3 Å². The van der Waals surface area contributed by atoms with Gasteiger partial charge in [0.05, 0.1) is 17.2 Å². The van der Waals surface area contributed by atoms with E-state index in [0.29, 0.717) is 18.4 Å². The quantitative estimate of drug-likeness (QED) is 0.488. The number of hydrogen-bond donors (Lipinski definition) is 2. The summed E-state index contributed by atoms with van der Waals surface area (Å²) in [5.41, 5.74) is 6.81. The van der Waals surface area contributed by atoms with Crippen molar-refractivity contribution >= 4 is 41.3 Å². The van der Waals surface area contributed by atoms with Crippen LogP contribution in [0.3, 0.4) is 0 Å². The maximum Gasteiger partial charge on any atom is 0.188 e. The molecule has 0 bridgehead atoms. The van der Waals surface area contributed by atoms with Gasteiger partial charge in [-0.2, -0.15) is 0 Å². The van der Waals surface area contributed by atoms with Crippen molar-refractivity contribution in [3.8, 4) is 0 Å². The summed E-state index contributed by atoms with van der Waals surface area (Å²) in [7, 11) is 0. The first-order valence-corrected chi connectivity index (χ1v) is 6.27. The second-order valence-corrected chi connectivity index (χ2v) is 5.51. The standard InChI is InChI=1S/C11H20N4S.HI/c1-7(2)5-13-11(12)14-6-10-8(3)15-9(4)16-10;/h7H,5-6H2,1-4H3,(H3,12,13,14);1H.